The van der Waals surface area contributed by atoms with Crippen LogP contribution < -0.4 is 10.3 Å². The van der Waals surface area contributed by atoms with E-state index in [-0.39, 0.29) is 5.56 Å². The van der Waals surface area contributed by atoms with Crippen molar-refractivity contribution in [2.75, 3.05) is 7.11 Å². The van der Waals surface area contributed by atoms with Gasteiger partial charge in [0.15, 0.2) is 11.9 Å². The number of carbonyl (C=O) groups excluding carboxylic acids is 1. The molecule has 3 aromatic carbocycles. The number of hydrogen-bond donors (Lipinski definition) is 0. The van der Waals surface area contributed by atoms with Gasteiger partial charge in [0.1, 0.15) is 5.75 Å². The van der Waals surface area contributed by atoms with Crippen LogP contribution in [0.15, 0.2) is 85.6 Å². The quantitative estimate of drug-likeness (QED) is 0.223. The van der Waals surface area contributed by atoms with E-state index in [1.54, 1.807) is 43.5 Å². The van der Waals surface area contributed by atoms with E-state index >= 15 is 0 Å². The van der Waals surface area contributed by atoms with Crippen molar-refractivity contribution in [1.29, 1.82) is 0 Å². The highest BCUT2D eigenvalue weighted by atomic mass is 79.9. The van der Waals surface area contributed by atoms with Crippen molar-refractivity contribution < 1.29 is 14.3 Å². The molecule has 4 rings (SSSR count). The smallest absolute Gasteiger partial charge is 0.346 e. The molecule has 0 radical (unpaired) electrons. The maximum absolute atomic E-state index is 13.3. The minimum absolute atomic E-state index is 0.273. The molecule has 0 saturated carbocycles. The van der Waals surface area contributed by atoms with Crippen LogP contribution in [0.2, 0.25) is 0 Å². The molecule has 34 heavy (non-hydrogen) atoms. The average molecular weight is 585 g/mol. The van der Waals surface area contributed by atoms with Crippen LogP contribution in [0.3, 0.4) is 0 Å². The Kier molecular flexibility index (Phi) is 7.23. The zero-order chi connectivity index (χ0) is 24.2. The number of methoxy groups -OCH3 is 1. The van der Waals surface area contributed by atoms with Crippen LogP contribution in [0.25, 0.3) is 22.3 Å². The topological polar surface area (TPSA) is 82.8 Å². The van der Waals surface area contributed by atoms with Crippen molar-refractivity contribution >= 4 is 54.9 Å². The Morgan fingerprint density at radius 3 is 2.38 bits per heavy atom. The fraction of sp³-hybridized carbons (Fsp3) is 0.120. The molecule has 0 bridgehead atoms. The number of ether oxygens (including phenoxy) is 2. The van der Waals surface area contributed by atoms with Crippen LogP contribution >= 0.6 is 31.9 Å². The van der Waals surface area contributed by atoms with Crippen LogP contribution in [0, 0.1) is 0 Å². The summed E-state index contributed by atoms with van der Waals surface area (Å²) in [7, 11) is 1.30. The number of carbonyl (C=O) groups is 1. The van der Waals surface area contributed by atoms with Crippen LogP contribution in [0.4, 0.5) is 0 Å². The predicted octanol–water partition coefficient (Wildman–Crippen LogP) is 5.41. The lowest BCUT2D eigenvalue weighted by molar-refractivity contribution is -0.147. The van der Waals surface area contributed by atoms with Gasteiger partial charge in [-0.2, -0.15) is 9.78 Å². The Morgan fingerprint density at radius 1 is 1.06 bits per heavy atom. The summed E-state index contributed by atoms with van der Waals surface area (Å²) in [6.45, 7) is 1.60. The Hall–Kier alpha value is -3.30. The van der Waals surface area contributed by atoms with E-state index in [0.29, 0.717) is 37.0 Å². The second-order valence-electron chi connectivity index (χ2n) is 7.28. The average Bonchev–Trinajstić information content (AvgIpc) is 2.85. The van der Waals surface area contributed by atoms with Crippen LogP contribution in [0.5, 0.6) is 5.75 Å². The Labute approximate surface area is 212 Å². The molecule has 0 aliphatic rings. The standard InChI is InChI=1S/C25H19Br2N3O4/c1-15(25(32)33-2)34-22-19(26)12-16(13-20(22)27)14-28-30-23(17-8-4-3-5-9-17)29-21-11-7-6-10-18(21)24(30)31/h3-15H,1-2H3/t15-/m1/s1. The second-order valence-corrected chi connectivity index (χ2v) is 8.99. The van der Waals surface area contributed by atoms with Gasteiger partial charge in [-0.3, -0.25) is 4.79 Å². The van der Waals surface area contributed by atoms with Gasteiger partial charge in [-0.15, -0.1) is 0 Å². The van der Waals surface area contributed by atoms with Crippen molar-refractivity contribution in [2.24, 2.45) is 5.10 Å². The highest BCUT2D eigenvalue weighted by Gasteiger charge is 2.19. The summed E-state index contributed by atoms with van der Waals surface area (Å²) in [6.07, 6.45) is 0.778. The summed E-state index contributed by atoms with van der Waals surface area (Å²) in [5.74, 6) is 0.399. The van der Waals surface area contributed by atoms with E-state index in [0.717, 1.165) is 5.56 Å². The third-order valence-electron chi connectivity index (χ3n) is 4.96. The molecule has 172 valence electrons. The molecule has 0 fully saturated rings. The number of fused-ring (bicyclic) bond motifs is 1. The van der Waals surface area contributed by atoms with E-state index in [1.807, 2.05) is 36.4 Å². The Bertz CT molecular complexity index is 1430. The third kappa shape index (κ3) is 4.95. The molecule has 0 amide bonds. The molecule has 0 saturated heterocycles. The summed E-state index contributed by atoms with van der Waals surface area (Å²) in [4.78, 5) is 29.7. The number of hydrogen-bond acceptors (Lipinski definition) is 6. The minimum atomic E-state index is -0.784. The second kappa shape index (κ2) is 10.3. The number of halogens is 2. The Morgan fingerprint density at radius 2 is 1.71 bits per heavy atom. The van der Waals surface area contributed by atoms with Crippen molar-refractivity contribution in [3.05, 3.63) is 91.6 Å². The van der Waals surface area contributed by atoms with E-state index in [4.69, 9.17) is 14.5 Å². The van der Waals surface area contributed by atoms with Crippen molar-refractivity contribution in [1.82, 2.24) is 9.66 Å². The molecule has 7 nitrogen and oxygen atoms in total. The number of benzene rings is 3. The summed E-state index contributed by atoms with van der Waals surface area (Å²) in [5, 5.41) is 4.95. The van der Waals surface area contributed by atoms with E-state index in [1.165, 1.54) is 11.8 Å². The summed E-state index contributed by atoms with van der Waals surface area (Å²) in [6, 6.07) is 20.1. The lowest BCUT2D eigenvalue weighted by atomic mass is 10.2. The first-order valence-corrected chi connectivity index (χ1v) is 11.8. The van der Waals surface area contributed by atoms with Gasteiger partial charge in [-0.1, -0.05) is 42.5 Å². The van der Waals surface area contributed by atoms with Gasteiger partial charge in [0.05, 0.1) is 33.2 Å². The zero-order valence-corrected chi connectivity index (χ0v) is 21.4. The summed E-state index contributed by atoms with van der Waals surface area (Å²) < 4.78 is 12.9. The maximum atomic E-state index is 13.3. The number of aromatic nitrogens is 2. The number of para-hydroxylation sites is 1. The van der Waals surface area contributed by atoms with Gasteiger partial charge >= 0.3 is 5.97 Å². The van der Waals surface area contributed by atoms with Crippen molar-refractivity contribution in [3.63, 3.8) is 0 Å². The third-order valence-corrected chi connectivity index (χ3v) is 6.13. The number of rotatable bonds is 6. The van der Waals surface area contributed by atoms with Gasteiger partial charge in [0, 0.05) is 5.56 Å². The van der Waals surface area contributed by atoms with Crippen molar-refractivity contribution in [3.8, 4) is 17.1 Å². The highest BCUT2D eigenvalue weighted by molar-refractivity contribution is 9.11. The first-order valence-electron chi connectivity index (χ1n) is 10.2. The molecule has 1 heterocycles. The number of esters is 1. The van der Waals surface area contributed by atoms with Gasteiger partial charge in [0.2, 0.25) is 0 Å². The zero-order valence-electron chi connectivity index (χ0n) is 18.2. The van der Waals surface area contributed by atoms with Gasteiger partial charge in [-0.25, -0.2) is 9.78 Å². The normalized spacial score (nSPS) is 12.1. The molecule has 0 unspecified atom stereocenters. The number of nitrogens with zero attached hydrogens (tertiary/aromatic N) is 3. The van der Waals surface area contributed by atoms with Gasteiger partial charge < -0.3 is 9.47 Å². The molecule has 1 aromatic heterocycles. The lowest BCUT2D eigenvalue weighted by Crippen LogP contribution is -2.25. The van der Waals surface area contributed by atoms with Crippen LogP contribution in [-0.4, -0.2) is 35.1 Å². The molecule has 0 spiro atoms. The minimum Gasteiger partial charge on any atom is -0.477 e. The highest BCUT2D eigenvalue weighted by Crippen LogP contribution is 2.35. The van der Waals surface area contributed by atoms with E-state index in [2.05, 4.69) is 37.0 Å². The maximum Gasteiger partial charge on any atom is 0.346 e. The van der Waals surface area contributed by atoms with E-state index in [9.17, 15) is 9.59 Å². The molecule has 0 aliphatic heterocycles. The van der Waals surface area contributed by atoms with Crippen LogP contribution in [-0.2, 0) is 9.53 Å². The molecule has 0 N–H and O–H groups in total. The SMILES string of the molecule is COC(=O)[C@@H](C)Oc1c(Br)cc(C=Nn2c(-c3ccccc3)nc3ccccc3c2=O)cc1Br. The van der Waals surface area contributed by atoms with Crippen molar-refractivity contribution in [2.45, 2.75) is 13.0 Å². The first kappa shape index (κ1) is 23.8. The largest absolute Gasteiger partial charge is 0.477 e. The molecular formula is C25H19Br2N3O4. The van der Waals surface area contributed by atoms with E-state index < -0.39 is 12.1 Å². The molecule has 9 heteroatoms. The Balaban J connectivity index is 1.76. The van der Waals surface area contributed by atoms with Gasteiger partial charge in [0.25, 0.3) is 5.56 Å². The summed E-state index contributed by atoms with van der Waals surface area (Å²) >= 11 is 6.94. The van der Waals surface area contributed by atoms with Gasteiger partial charge in [-0.05, 0) is 68.6 Å². The molecule has 1 atom stereocenters. The lowest BCUT2D eigenvalue weighted by Gasteiger charge is -2.15. The molecule has 4 aromatic rings. The molecular weight excluding hydrogens is 566 g/mol. The summed E-state index contributed by atoms with van der Waals surface area (Å²) in [5.41, 5.74) is 1.79. The monoisotopic (exact) mass is 583 g/mol. The fourth-order valence-corrected chi connectivity index (χ4v) is 4.70. The van der Waals surface area contributed by atoms with Crippen LogP contribution in [0.1, 0.15) is 12.5 Å². The fourth-order valence-electron chi connectivity index (χ4n) is 3.29. The predicted molar refractivity (Wildman–Crippen MR) is 138 cm³/mol. The molecule has 0 aliphatic carbocycles. The first-order chi connectivity index (χ1) is 16.4.